The zero-order valence-corrected chi connectivity index (χ0v) is 20.0. The van der Waals surface area contributed by atoms with Crippen molar-refractivity contribution in [1.82, 2.24) is 4.90 Å². The zero-order chi connectivity index (χ0) is 24.6. The smallest absolute Gasteiger partial charge is 0.255 e. The number of hydrogen-bond donors (Lipinski definition) is 2. The second-order valence-corrected chi connectivity index (χ2v) is 8.81. The Morgan fingerprint density at radius 1 is 1.06 bits per heavy atom. The van der Waals surface area contributed by atoms with Gasteiger partial charge in [0.15, 0.2) is 6.29 Å². The number of ether oxygens (including phenoxy) is 2. The van der Waals surface area contributed by atoms with Gasteiger partial charge >= 0.3 is 0 Å². The van der Waals surface area contributed by atoms with Crippen LogP contribution in [0.15, 0.2) is 91.5 Å². The molecule has 1 saturated heterocycles. The minimum absolute atomic E-state index is 0.00794. The lowest BCUT2D eigenvalue weighted by atomic mass is 9.99. The molecule has 3 unspecified atom stereocenters. The van der Waals surface area contributed by atoms with Crippen molar-refractivity contribution in [2.45, 2.75) is 31.5 Å². The molecule has 1 aliphatic heterocycles. The van der Waals surface area contributed by atoms with Gasteiger partial charge in [-0.15, -0.1) is 6.58 Å². The van der Waals surface area contributed by atoms with Crippen LogP contribution in [0.5, 0.6) is 0 Å². The quantitative estimate of drug-likeness (QED) is 0.424. The van der Waals surface area contributed by atoms with E-state index in [9.17, 15) is 9.90 Å². The summed E-state index contributed by atoms with van der Waals surface area (Å²) in [6.45, 7) is 5.34. The van der Waals surface area contributed by atoms with Gasteiger partial charge in [-0.25, -0.2) is 0 Å². The van der Waals surface area contributed by atoms with Crippen LogP contribution in [-0.4, -0.2) is 42.2 Å². The summed E-state index contributed by atoms with van der Waals surface area (Å²) < 4.78 is 12.8. The van der Waals surface area contributed by atoms with E-state index in [2.05, 4.69) is 16.8 Å². The fourth-order valence-electron chi connectivity index (χ4n) is 4.23. The third kappa shape index (κ3) is 6.65. The molecule has 0 aliphatic carbocycles. The molecule has 0 aromatic heterocycles. The van der Waals surface area contributed by atoms with E-state index in [0.717, 1.165) is 29.8 Å². The van der Waals surface area contributed by atoms with Crippen LogP contribution in [-0.2, 0) is 16.1 Å². The highest BCUT2D eigenvalue weighted by atomic mass is 16.7. The Kier molecular flexibility index (Phi) is 8.45. The number of hydrogen-bond acceptors (Lipinski definition) is 5. The molecule has 3 aromatic rings. The number of rotatable bonds is 9. The maximum Gasteiger partial charge on any atom is 0.255 e. The molecule has 6 nitrogen and oxygen atoms in total. The van der Waals surface area contributed by atoms with Crippen molar-refractivity contribution in [2.75, 3.05) is 25.5 Å². The topological polar surface area (TPSA) is 71.0 Å². The molecular formula is C29H32N2O4. The molecular weight excluding hydrogens is 440 g/mol. The highest BCUT2D eigenvalue weighted by molar-refractivity contribution is 6.04. The standard InChI is InChI=1S/C29H32N2O4/c1-3-16-31(2)19-26-18-27(22-14-12-21(20-32)13-15-22)35-29(34-26)24-10-7-11-25(17-24)30-28(33)23-8-5-4-6-9-23/h3-15,17,26-27,29,32H,1,16,18-20H2,2H3,(H,30,33). The lowest BCUT2D eigenvalue weighted by Gasteiger charge is -2.37. The van der Waals surface area contributed by atoms with Crippen molar-refractivity contribution < 1.29 is 19.4 Å². The molecule has 0 spiro atoms. The van der Waals surface area contributed by atoms with Crippen LogP contribution >= 0.6 is 0 Å². The summed E-state index contributed by atoms with van der Waals surface area (Å²) in [5, 5.41) is 12.3. The van der Waals surface area contributed by atoms with Gasteiger partial charge in [0.1, 0.15) is 0 Å². The Morgan fingerprint density at radius 2 is 1.83 bits per heavy atom. The van der Waals surface area contributed by atoms with Gasteiger partial charge in [0, 0.05) is 36.3 Å². The number of likely N-dealkylation sites (N-methyl/N-ethyl adjacent to an activating group) is 1. The van der Waals surface area contributed by atoms with E-state index >= 15 is 0 Å². The molecule has 1 heterocycles. The van der Waals surface area contributed by atoms with Crippen LogP contribution in [0.2, 0.25) is 0 Å². The number of aliphatic hydroxyl groups is 1. The summed E-state index contributed by atoms with van der Waals surface area (Å²) in [6, 6.07) is 24.5. The maximum absolute atomic E-state index is 12.6. The average Bonchev–Trinajstić information content (AvgIpc) is 2.89. The Balaban J connectivity index is 1.54. The minimum Gasteiger partial charge on any atom is -0.392 e. The van der Waals surface area contributed by atoms with Crippen molar-refractivity contribution in [2.24, 2.45) is 0 Å². The third-order valence-electron chi connectivity index (χ3n) is 6.02. The summed E-state index contributed by atoms with van der Waals surface area (Å²) in [7, 11) is 2.04. The van der Waals surface area contributed by atoms with Gasteiger partial charge in [0.25, 0.3) is 5.91 Å². The molecule has 1 aliphatic rings. The number of carbonyl (C=O) groups is 1. The Morgan fingerprint density at radius 3 is 2.54 bits per heavy atom. The van der Waals surface area contributed by atoms with E-state index in [4.69, 9.17) is 9.47 Å². The summed E-state index contributed by atoms with van der Waals surface area (Å²) in [4.78, 5) is 14.8. The largest absolute Gasteiger partial charge is 0.392 e. The summed E-state index contributed by atoms with van der Waals surface area (Å²) in [6.07, 6.45) is 1.79. The van der Waals surface area contributed by atoms with Gasteiger partial charge in [-0.1, -0.05) is 60.7 Å². The average molecular weight is 473 g/mol. The molecule has 0 bridgehead atoms. The van der Waals surface area contributed by atoms with Gasteiger partial charge in [0.05, 0.1) is 18.8 Å². The van der Waals surface area contributed by atoms with Crippen LogP contribution in [0.3, 0.4) is 0 Å². The number of anilines is 1. The first-order valence-corrected chi connectivity index (χ1v) is 11.8. The van der Waals surface area contributed by atoms with Gasteiger partial charge in [-0.3, -0.25) is 4.79 Å². The number of carbonyl (C=O) groups excluding carboxylic acids is 1. The van der Waals surface area contributed by atoms with Crippen molar-refractivity contribution >= 4 is 11.6 Å². The molecule has 1 fully saturated rings. The number of aliphatic hydroxyl groups excluding tert-OH is 1. The van der Waals surface area contributed by atoms with E-state index < -0.39 is 6.29 Å². The first kappa shape index (κ1) is 24.8. The van der Waals surface area contributed by atoms with Crippen LogP contribution in [0, 0.1) is 0 Å². The molecule has 1 amide bonds. The molecule has 35 heavy (non-hydrogen) atoms. The van der Waals surface area contributed by atoms with E-state index in [1.165, 1.54) is 0 Å². The first-order valence-electron chi connectivity index (χ1n) is 11.8. The van der Waals surface area contributed by atoms with Crippen LogP contribution in [0.25, 0.3) is 0 Å². The molecule has 2 N–H and O–H groups in total. The lowest BCUT2D eigenvalue weighted by molar-refractivity contribution is -0.252. The van der Waals surface area contributed by atoms with E-state index in [1.807, 2.05) is 79.9 Å². The fraction of sp³-hybridized carbons (Fsp3) is 0.276. The third-order valence-corrected chi connectivity index (χ3v) is 6.02. The van der Waals surface area contributed by atoms with E-state index in [0.29, 0.717) is 17.7 Å². The lowest BCUT2D eigenvalue weighted by Crippen LogP contribution is -2.37. The Labute approximate surface area is 206 Å². The molecule has 6 heteroatoms. The summed E-state index contributed by atoms with van der Waals surface area (Å²) in [5.74, 6) is -0.168. The normalized spacial score (nSPS) is 19.9. The van der Waals surface area contributed by atoms with Crippen LogP contribution < -0.4 is 5.32 Å². The molecule has 0 saturated carbocycles. The number of nitrogens with one attached hydrogen (secondary N) is 1. The molecule has 0 radical (unpaired) electrons. The second-order valence-electron chi connectivity index (χ2n) is 8.81. The highest BCUT2D eigenvalue weighted by Gasteiger charge is 2.32. The SMILES string of the molecule is C=CCN(C)CC1CC(c2ccc(CO)cc2)OC(c2cccc(NC(=O)c3ccccc3)c2)O1. The predicted molar refractivity (Wildman–Crippen MR) is 137 cm³/mol. The van der Waals surface area contributed by atoms with Gasteiger partial charge in [-0.05, 0) is 42.4 Å². The molecule has 3 aromatic carbocycles. The van der Waals surface area contributed by atoms with Crippen molar-refractivity contribution in [3.8, 4) is 0 Å². The summed E-state index contributed by atoms with van der Waals surface area (Å²) >= 11 is 0. The minimum atomic E-state index is -0.582. The van der Waals surface area contributed by atoms with Gasteiger partial charge < -0.3 is 24.8 Å². The summed E-state index contributed by atoms with van der Waals surface area (Å²) in [5.41, 5.74) is 4.02. The Hall–Kier alpha value is -3.29. The highest BCUT2D eigenvalue weighted by Crippen LogP contribution is 2.38. The fourth-order valence-corrected chi connectivity index (χ4v) is 4.23. The maximum atomic E-state index is 12.6. The van der Waals surface area contributed by atoms with Gasteiger partial charge in [-0.2, -0.15) is 0 Å². The number of nitrogens with zero attached hydrogens (tertiary/aromatic N) is 1. The molecule has 4 rings (SSSR count). The van der Waals surface area contributed by atoms with Crippen molar-refractivity contribution in [3.05, 3.63) is 114 Å². The van der Waals surface area contributed by atoms with Crippen LogP contribution in [0.1, 0.15) is 45.9 Å². The van der Waals surface area contributed by atoms with Crippen molar-refractivity contribution in [1.29, 1.82) is 0 Å². The van der Waals surface area contributed by atoms with Crippen molar-refractivity contribution in [3.63, 3.8) is 0 Å². The van der Waals surface area contributed by atoms with Gasteiger partial charge in [0.2, 0.25) is 0 Å². The second kappa shape index (κ2) is 11.9. The first-order chi connectivity index (χ1) is 17.1. The van der Waals surface area contributed by atoms with Crippen LogP contribution in [0.4, 0.5) is 5.69 Å². The predicted octanol–water partition coefficient (Wildman–Crippen LogP) is 5.09. The molecule has 182 valence electrons. The molecule has 3 atom stereocenters. The van der Waals surface area contributed by atoms with E-state index in [1.54, 1.807) is 12.1 Å². The zero-order valence-electron chi connectivity index (χ0n) is 20.0. The number of benzene rings is 3. The van der Waals surface area contributed by atoms with E-state index in [-0.39, 0.29) is 24.7 Å². The monoisotopic (exact) mass is 472 g/mol. The number of amides is 1. The Bertz CT molecular complexity index is 1120.